The topological polar surface area (TPSA) is 15.3 Å². The molecule has 0 atom stereocenters. The molecule has 0 aliphatic heterocycles. The zero-order chi connectivity index (χ0) is 15.2. The number of anilines is 2. The first-order valence-corrected chi connectivity index (χ1v) is 7.42. The highest BCUT2D eigenvalue weighted by atomic mass is 19.1. The summed E-state index contributed by atoms with van der Waals surface area (Å²) in [6.45, 7) is 6.12. The summed E-state index contributed by atoms with van der Waals surface area (Å²) in [6, 6.07) is 13.2. The van der Waals surface area contributed by atoms with Crippen LogP contribution in [0, 0.1) is 12.7 Å². The molecule has 0 saturated heterocycles. The Morgan fingerprint density at radius 2 is 1.86 bits per heavy atom. The first-order chi connectivity index (χ1) is 10.1. The Hall–Kier alpha value is -1.87. The highest BCUT2D eigenvalue weighted by Gasteiger charge is 2.11. The summed E-state index contributed by atoms with van der Waals surface area (Å²) >= 11 is 0. The van der Waals surface area contributed by atoms with Gasteiger partial charge in [-0.1, -0.05) is 31.2 Å². The number of benzene rings is 2. The summed E-state index contributed by atoms with van der Waals surface area (Å²) in [7, 11) is 1.90. The van der Waals surface area contributed by atoms with Gasteiger partial charge in [0, 0.05) is 19.3 Å². The fourth-order valence-corrected chi connectivity index (χ4v) is 2.47. The van der Waals surface area contributed by atoms with E-state index in [9.17, 15) is 4.39 Å². The van der Waals surface area contributed by atoms with Gasteiger partial charge in [0.2, 0.25) is 0 Å². The van der Waals surface area contributed by atoms with Crippen molar-refractivity contribution in [2.24, 2.45) is 0 Å². The summed E-state index contributed by atoms with van der Waals surface area (Å²) < 4.78 is 13.9. The van der Waals surface area contributed by atoms with E-state index in [0.29, 0.717) is 5.69 Å². The van der Waals surface area contributed by atoms with Crippen LogP contribution in [0.4, 0.5) is 15.8 Å². The first kappa shape index (κ1) is 15.5. The molecule has 0 heterocycles. The van der Waals surface area contributed by atoms with Crippen LogP contribution in [-0.2, 0) is 6.54 Å². The first-order valence-electron chi connectivity index (χ1n) is 7.42. The quantitative estimate of drug-likeness (QED) is 0.792. The molecule has 0 aliphatic rings. The van der Waals surface area contributed by atoms with Crippen molar-refractivity contribution in [2.45, 2.75) is 26.8 Å². The van der Waals surface area contributed by atoms with Gasteiger partial charge < -0.3 is 10.2 Å². The third kappa shape index (κ3) is 3.82. The molecule has 3 heteroatoms. The van der Waals surface area contributed by atoms with Crippen LogP contribution in [0.5, 0.6) is 0 Å². The van der Waals surface area contributed by atoms with E-state index in [1.54, 1.807) is 12.1 Å². The maximum atomic E-state index is 13.9. The Bertz CT molecular complexity index is 596. The molecule has 0 bridgehead atoms. The SMILES string of the molecule is CCCNCc1ccc(N(C)c2ccccc2F)c(C)c1. The van der Waals surface area contributed by atoms with Crippen LogP contribution in [-0.4, -0.2) is 13.6 Å². The van der Waals surface area contributed by atoms with Gasteiger partial charge in [0.05, 0.1) is 5.69 Å². The zero-order valence-electron chi connectivity index (χ0n) is 13.0. The average Bonchev–Trinajstić information content (AvgIpc) is 2.47. The average molecular weight is 286 g/mol. The van der Waals surface area contributed by atoms with Crippen LogP contribution in [0.2, 0.25) is 0 Å². The fraction of sp³-hybridized carbons (Fsp3) is 0.333. The van der Waals surface area contributed by atoms with Crippen molar-refractivity contribution in [3.8, 4) is 0 Å². The molecule has 0 radical (unpaired) electrons. The van der Waals surface area contributed by atoms with Gasteiger partial charge in [0.15, 0.2) is 0 Å². The van der Waals surface area contributed by atoms with E-state index >= 15 is 0 Å². The maximum Gasteiger partial charge on any atom is 0.146 e. The molecule has 1 N–H and O–H groups in total. The highest BCUT2D eigenvalue weighted by molar-refractivity contribution is 5.66. The predicted octanol–water partition coefficient (Wildman–Crippen LogP) is 4.40. The number of nitrogens with zero attached hydrogens (tertiary/aromatic N) is 1. The van der Waals surface area contributed by atoms with Crippen molar-refractivity contribution >= 4 is 11.4 Å². The van der Waals surface area contributed by atoms with E-state index in [1.807, 2.05) is 18.0 Å². The monoisotopic (exact) mass is 286 g/mol. The molecule has 2 aromatic rings. The molecule has 2 rings (SSSR count). The number of para-hydroxylation sites is 1. The van der Waals surface area contributed by atoms with E-state index in [4.69, 9.17) is 0 Å². The summed E-state index contributed by atoms with van der Waals surface area (Å²) in [5.74, 6) is -0.201. The van der Waals surface area contributed by atoms with Crippen LogP contribution >= 0.6 is 0 Å². The minimum absolute atomic E-state index is 0.201. The molecule has 0 unspecified atom stereocenters. The number of hydrogen-bond acceptors (Lipinski definition) is 2. The molecule has 2 nitrogen and oxygen atoms in total. The minimum atomic E-state index is -0.201. The lowest BCUT2D eigenvalue weighted by Gasteiger charge is -2.22. The summed E-state index contributed by atoms with van der Waals surface area (Å²) in [5.41, 5.74) is 4.03. The molecule has 0 saturated carbocycles. The van der Waals surface area contributed by atoms with Crippen molar-refractivity contribution in [1.29, 1.82) is 0 Å². The van der Waals surface area contributed by atoms with Crippen molar-refractivity contribution < 1.29 is 4.39 Å². The summed E-state index contributed by atoms with van der Waals surface area (Å²) in [6.07, 6.45) is 1.13. The summed E-state index contributed by atoms with van der Waals surface area (Å²) in [4.78, 5) is 1.90. The van der Waals surface area contributed by atoms with Gasteiger partial charge >= 0.3 is 0 Å². The smallest absolute Gasteiger partial charge is 0.146 e. The number of nitrogens with one attached hydrogen (secondary N) is 1. The Morgan fingerprint density at radius 3 is 2.52 bits per heavy atom. The van der Waals surface area contributed by atoms with E-state index in [2.05, 4.69) is 37.4 Å². The lowest BCUT2D eigenvalue weighted by atomic mass is 10.1. The van der Waals surface area contributed by atoms with Gasteiger partial charge in [-0.2, -0.15) is 0 Å². The van der Waals surface area contributed by atoms with Gasteiger partial charge in [0.1, 0.15) is 5.82 Å². The fourth-order valence-electron chi connectivity index (χ4n) is 2.47. The molecule has 0 aromatic heterocycles. The van der Waals surface area contributed by atoms with Crippen molar-refractivity contribution in [2.75, 3.05) is 18.5 Å². The van der Waals surface area contributed by atoms with E-state index < -0.39 is 0 Å². The molecule has 2 aromatic carbocycles. The second kappa shape index (κ2) is 7.23. The standard InChI is InChI=1S/C18H23FN2/c1-4-11-20-13-15-9-10-17(14(2)12-15)21(3)18-8-6-5-7-16(18)19/h5-10,12,20H,4,11,13H2,1-3H3. The highest BCUT2D eigenvalue weighted by Crippen LogP contribution is 2.29. The second-order valence-electron chi connectivity index (χ2n) is 5.31. The number of aryl methyl sites for hydroxylation is 1. The van der Waals surface area contributed by atoms with Gasteiger partial charge in [-0.05, 0) is 49.2 Å². The Balaban J connectivity index is 2.19. The molecular weight excluding hydrogens is 263 g/mol. The van der Waals surface area contributed by atoms with Gasteiger partial charge in [-0.25, -0.2) is 4.39 Å². The third-order valence-corrected chi connectivity index (χ3v) is 3.59. The summed E-state index contributed by atoms with van der Waals surface area (Å²) in [5, 5.41) is 3.39. The molecule has 0 aliphatic carbocycles. The van der Waals surface area contributed by atoms with Crippen molar-refractivity contribution in [3.63, 3.8) is 0 Å². The van der Waals surface area contributed by atoms with Crippen LogP contribution in [0.1, 0.15) is 24.5 Å². The Labute approximate surface area is 126 Å². The normalized spacial score (nSPS) is 10.7. The zero-order valence-corrected chi connectivity index (χ0v) is 13.0. The maximum absolute atomic E-state index is 13.9. The van der Waals surface area contributed by atoms with Crippen molar-refractivity contribution in [1.82, 2.24) is 5.32 Å². The lowest BCUT2D eigenvalue weighted by molar-refractivity contribution is 0.627. The largest absolute Gasteiger partial charge is 0.342 e. The number of halogens is 1. The van der Waals surface area contributed by atoms with E-state index in [1.165, 1.54) is 11.6 Å². The van der Waals surface area contributed by atoms with E-state index in [-0.39, 0.29) is 5.82 Å². The molecular formula is C18H23FN2. The van der Waals surface area contributed by atoms with Gasteiger partial charge in [0.25, 0.3) is 0 Å². The predicted molar refractivity (Wildman–Crippen MR) is 87.6 cm³/mol. The molecule has 0 spiro atoms. The van der Waals surface area contributed by atoms with E-state index in [0.717, 1.165) is 30.8 Å². The van der Waals surface area contributed by atoms with Crippen LogP contribution in [0.15, 0.2) is 42.5 Å². The van der Waals surface area contributed by atoms with Crippen LogP contribution in [0.25, 0.3) is 0 Å². The Morgan fingerprint density at radius 1 is 1.10 bits per heavy atom. The number of rotatable bonds is 6. The number of hydrogen-bond donors (Lipinski definition) is 1. The van der Waals surface area contributed by atoms with Crippen LogP contribution in [0.3, 0.4) is 0 Å². The third-order valence-electron chi connectivity index (χ3n) is 3.59. The molecule has 0 fully saturated rings. The second-order valence-corrected chi connectivity index (χ2v) is 5.31. The van der Waals surface area contributed by atoms with Gasteiger partial charge in [-0.3, -0.25) is 0 Å². The lowest BCUT2D eigenvalue weighted by Crippen LogP contribution is -2.15. The Kier molecular flexibility index (Phi) is 5.34. The van der Waals surface area contributed by atoms with Crippen LogP contribution < -0.4 is 10.2 Å². The van der Waals surface area contributed by atoms with Crippen molar-refractivity contribution in [3.05, 3.63) is 59.4 Å². The molecule has 0 amide bonds. The molecule has 21 heavy (non-hydrogen) atoms. The van der Waals surface area contributed by atoms with Gasteiger partial charge in [-0.15, -0.1) is 0 Å². The minimum Gasteiger partial charge on any atom is -0.342 e. The molecule has 112 valence electrons.